The van der Waals surface area contributed by atoms with Crippen molar-refractivity contribution in [3.05, 3.63) is 66.0 Å². The molecule has 0 saturated carbocycles. The smallest absolute Gasteiger partial charge is 0.148 e. The van der Waals surface area contributed by atoms with Crippen LogP contribution in [0.5, 0.6) is 0 Å². The highest BCUT2D eigenvalue weighted by atomic mass is 15.3. The molecule has 0 fully saturated rings. The van der Waals surface area contributed by atoms with E-state index in [0.717, 1.165) is 34.1 Å². The quantitative estimate of drug-likeness (QED) is 0.362. The van der Waals surface area contributed by atoms with Gasteiger partial charge >= 0.3 is 0 Å². The van der Waals surface area contributed by atoms with Crippen LogP contribution in [0.15, 0.2) is 55.0 Å². The molecule has 0 aliphatic carbocycles. The molecule has 3 heterocycles. The van der Waals surface area contributed by atoms with Gasteiger partial charge in [0.25, 0.3) is 0 Å². The maximum atomic E-state index is 8.41. The Labute approximate surface area is 167 Å². The Morgan fingerprint density at radius 1 is 1.10 bits per heavy atom. The van der Waals surface area contributed by atoms with Crippen molar-refractivity contribution in [2.45, 2.75) is 19.9 Å². The normalized spacial score (nSPS) is 11.0. The SMILES string of the molecule is CCn1cc(-c2cnc3ccc(CC(=N)n4nc(NC)ccc4=N)cc3c2)cn1. The fraction of sp³-hybridized carbons (Fsp3) is 0.190. The summed E-state index contributed by atoms with van der Waals surface area (Å²) in [6, 6.07) is 11.4. The summed E-state index contributed by atoms with van der Waals surface area (Å²) >= 11 is 0. The van der Waals surface area contributed by atoms with Crippen molar-refractivity contribution in [2.24, 2.45) is 0 Å². The van der Waals surface area contributed by atoms with Gasteiger partial charge < -0.3 is 5.32 Å². The summed E-state index contributed by atoms with van der Waals surface area (Å²) in [6.45, 7) is 2.88. The van der Waals surface area contributed by atoms with Gasteiger partial charge in [-0.3, -0.25) is 20.5 Å². The Kier molecular flexibility index (Phi) is 4.90. The topological polar surface area (TPSA) is 108 Å². The summed E-state index contributed by atoms with van der Waals surface area (Å²) in [7, 11) is 1.76. The highest BCUT2D eigenvalue weighted by Crippen LogP contribution is 2.23. The highest BCUT2D eigenvalue weighted by Gasteiger charge is 2.08. The number of rotatable bonds is 5. The molecule has 0 radical (unpaired) electrons. The van der Waals surface area contributed by atoms with E-state index in [1.54, 1.807) is 19.2 Å². The molecule has 0 unspecified atom stereocenters. The van der Waals surface area contributed by atoms with E-state index in [9.17, 15) is 0 Å². The second kappa shape index (κ2) is 7.67. The number of anilines is 1. The predicted octanol–water partition coefficient (Wildman–Crippen LogP) is 2.90. The van der Waals surface area contributed by atoms with E-state index in [2.05, 4.69) is 33.5 Å². The molecule has 29 heavy (non-hydrogen) atoms. The highest BCUT2D eigenvalue weighted by molar-refractivity contribution is 5.87. The van der Waals surface area contributed by atoms with E-state index >= 15 is 0 Å². The third kappa shape index (κ3) is 3.77. The maximum absolute atomic E-state index is 8.41. The lowest BCUT2D eigenvalue weighted by Crippen LogP contribution is -2.30. The summed E-state index contributed by atoms with van der Waals surface area (Å²) < 4.78 is 3.23. The summed E-state index contributed by atoms with van der Waals surface area (Å²) in [5, 5.41) is 29.0. The number of aryl methyl sites for hydroxylation is 1. The van der Waals surface area contributed by atoms with Gasteiger partial charge in [-0.1, -0.05) is 6.07 Å². The van der Waals surface area contributed by atoms with Crippen molar-refractivity contribution in [1.29, 1.82) is 10.8 Å². The molecule has 8 nitrogen and oxygen atoms in total. The average Bonchev–Trinajstić information content (AvgIpc) is 3.23. The molecule has 0 bridgehead atoms. The summed E-state index contributed by atoms with van der Waals surface area (Å²) in [6.07, 6.45) is 6.08. The molecule has 3 aromatic heterocycles. The van der Waals surface area contributed by atoms with Crippen LogP contribution < -0.4 is 10.8 Å². The molecule has 4 aromatic rings. The molecule has 3 N–H and O–H groups in total. The largest absolute Gasteiger partial charge is 0.372 e. The molecule has 0 amide bonds. The lowest BCUT2D eigenvalue weighted by molar-refractivity contribution is 0.660. The number of benzene rings is 1. The minimum atomic E-state index is 0.173. The number of hydrogen-bond donors (Lipinski definition) is 3. The summed E-state index contributed by atoms with van der Waals surface area (Å²) in [4.78, 5) is 4.56. The Morgan fingerprint density at radius 2 is 1.97 bits per heavy atom. The fourth-order valence-electron chi connectivity index (χ4n) is 3.17. The van der Waals surface area contributed by atoms with Gasteiger partial charge in [-0.2, -0.15) is 9.78 Å². The van der Waals surface area contributed by atoms with Crippen molar-refractivity contribution in [3.63, 3.8) is 0 Å². The van der Waals surface area contributed by atoms with Crippen LogP contribution in [-0.2, 0) is 13.0 Å². The first-order chi connectivity index (χ1) is 14.1. The third-order valence-corrected chi connectivity index (χ3v) is 4.75. The number of aromatic nitrogens is 5. The zero-order valence-electron chi connectivity index (χ0n) is 16.3. The lowest BCUT2D eigenvalue weighted by atomic mass is 10.0. The van der Waals surface area contributed by atoms with Gasteiger partial charge in [-0.15, -0.1) is 5.10 Å². The van der Waals surface area contributed by atoms with E-state index < -0.39 is 0 Å². The van der Waals surface area contributed by atoms with Crippen molar-refractivity contribution >= 4 is 22.6 Å². The number of fused-ring (bicyclic) bond motifs is 1. The lowest BCUT2D eigenvalue weighted by Gasteiger charge is -2.10. The molecule has 0 aliphatic heterocycles. The van der Waals surface area contributed by atoms with Gasteiger partial charge in [-0.05, 0) is 42.8 Å². The van der Waals surface area contributed by atoms with Crippen LogP contribution in [0.4, 0.5) is 5.82 Å². The Morgan fingerprint density at radius 3 is 2.72 bits per heavy atom. The molecule has 0 atom stereocenters. The minimum absolute atomic E-state index is 0.173. The van der Waals surface area contributed by atoms with Gasteiger partial charge in [0.2, 0.25) is 0 Å². The van der Waals surface area contributed by atoms with Gasteiger partial charge in [0.15, 0.2) is 0 Å². The van der Waals surface area contributed by atoms with Crippen LogP contribution >= 0.6 is 0 Å². The first-order valence-electron chi connectivity index (χ1n) is 9.39. The standard InChI is InChI=1S/C21H22N8/c1-3-28-13-17(12-26-28)16-10-15-8-14(4-5-18(15)25-11-16)9-20(23)29-19(22)6-7-21(24-2)27-29/h4-8,10-13,22-23H,3,9H2,1-2H3,(H,24,27). The molecule has 146 valence electrons. The van der Waals surface area contributed by atoms with E-state index in [1.165, 1.54) is 4.68 Å². The van der Waals surface area contributed by atoms with Crippen molar-refractivity contribution in [2.75, 3.05) is 12.4 Å². The average molecular weight is 386 g/mol. The maximum Gasteiger partial charge on any atom is 0.148 e. The second-order valence-electron chi connectivity index (χ2n) is 6.72. The predicted molar refractivity (Wildman–Crippen MR) is 113 cm³/mol. The van der Waals surface area contributed by atoms with Crippen molar-refractivity contribution < 1.29 is 0 Å². The van der Waals surface area contributed by atoms with E-state index in [1.807, 2.05) is 41.5 Å². The molecule has 0 saturated heterocycles. The van der Waals surface area contributed by atoms with E-state index in [0.29, 0.717) is 12.2 Å². The van der Waals surface area contributed by atoms with E-state index in [4.69, 9.17) is 10.8 Å². The fourth-order valence-corrected chi connectivity index (χ4v) is 3.17. The van der Waals surface area contributed by atoms with Crippen LogP contribution in [0, 0.1) is 10.8 Å². The van der Waals surface area contributed by atoms with Crippen LogP contribution in [0.25, 0.3) is 22.0 Å². The molecular weight excluding hydrogens is 364 g/mol. The van der Waals surface area contributed by atoms with Crippen molar-refractivity contribution in [3.8, 4) is 11.1 Å². The molecule has 8 heteroatoms. The second-order valence-corrected chi connectivity index (χ2v) is 6.72. The van der Waals surface area contributed by atoms with E-state index in [-0.39, 0.29) is 11.3 Å². The van der Waals surface area contributed by atoms with Gasteiger partial charge in [-0.25, -0.2) is 0 Å². The van der Waals surface area contributed by atoms with Crippen LogP contribution in [0.1, 0.15) is 12.5 Å². The third-order valence-electron chi connectivity index (χ3n) is 4.75. The summed E-state index contributed by atoms with van der Waals surface area (Å²) in [5.41, 5.74) is 4.08. The Bertz CT molecular complexity index is 1250. The molecule has 1 aromatic carbocycles. The number of nitrogens with zero attached hydrogens (tertiary/aromatic N) is 5. The van der Waals surface area contributed by atoms with Crippen LogP contribution in [-0.4, -0.2) is 37.4 Å². The summed E-state index contributed by atoms with van der Waals surface area (Å²) in [5.74, 6) is 0.852. The Hall–Kier alpha value is -3.81. The minimum Gasteiger partial charge on any atom is -0.372 e. The zero-order valence-corrected chi connectivity index (χ0v) is 16.3. The molecule has 0 aliphatic rings. The zero-order chi connectivity index (χ0) is 20.4. The first-order valence-corrected chi connectivity index (χ1v) is 9.39. The molecule has 0 spiro atoms. The number of hydrogen-bond acceptors (Lipinski definition) is 6. The monoisotopic (exact) mass is 386 g/mol. The van der Waals surface area contributed by atoms with Gasteiger partial charge in [0.1, 0.15) is 17.1 Å². The molecule has 4 rings (SSSR count). The van der Waals surface area contributed by atoms with Crippen LogP contribution in [0.2, 0.25) is 0 Å². The first kappa shape index (κ1) is 18.5. The van der Waals surface area contributed by atoms with Crippen molar-refractivity contribution in [1.82, 2.24) is 24.5 Å². The molecular formula is C21H22N8. The van der Waals surface area contributed by atoms with Gasteiger partial charge in [0, 0.05) is 48.9 Å². The number of nitrogens with one attached hydrogen (secondary N) is 3. The van der Waals surface area contributed by atoms with Gasteiger partial charge in [0.05, 0.1) is 11.7 Å². The number of pyridine rings is 1. The Balaban J connectivity index is 1.64. The van der Waals surface area contributed by atoms with Crippen LogP contribution in [0.3, 0.4) is 0 Å².